The highest BCUT2D eigenvalue weighted by atomic mass is 35.5. The number of nitrogens with one attached hydrogen (secondary N) is 1. The van der Waals surface area contributed by atoms with Crippen LogP contribution in [0.15, 0.2) is 18.2 Å². The summed E-state index contributed by atoms with van der Waals surface area (Å²) in [7, 11) is 0. The minimum absolute atomic E-state index is 0.108. The first-order valence-corrected chi connectivity index (χ1v) is 5.93. The first-order valence-electron chi connectivity index (χ1n) is 5.55. The van der Waals surface area contributed by atoms with Gasteiger partial charge in [0.1, 0.15) is 0 Å². The lowest BCUT2D eigenvalue weighted by Crippen LogP contribution is -2.57. The second-order valence-corrected chi connectivity index (χ2v) is 5.65. The topological polar surface area (TPSA) is 49.3 Å². The molecule has 18 heavy (non-hydrogen) atoms. The molecule has 0 aromatic heterocycles. The van der Waals surface area contributed by atoms with E-state index in [1.807, 2.05) is 0 Å². The highest BCUT2D eigenvalue weighted by Gasteiger charge is 2.36. The molecule has 1 rings (SSSR count). The van der Waals surface area contributed by atoms with Crippen LogP contribution in [0.3, 0.4) is 0 Å². The third-order valence-corrected chi connectivity index (χ3v) is 3.44. The van der Waals surface area contributed by atoms with Crippen molar-refractivity contribution in [2.24, 2.45) is 0 Å². The summed E-state index contributed by atoms with van der Waals surface area (Å²) in [6, 6.07) is 4.21. The molecule has 1 amide bonds. The highest BCUT2D eigenvalue weighted by molar-refractivity contribution is 6.31. The summed E-state index contributed by atoms with van der Waals surface area (Å²) < 4.78 is 13.7. The van der Waals surface area contributed by atoms with Crippen LogP contribution in [-0.2, 0) is 0 Å². The molecule has 3 nitrogen and oxygen atoms in total. The average Bonchev–Trinajstić information content (AvgIpc) is 2.19. The van der Waals surface area contributed by atoms with Gasteiger partial charge >= 0.3 is 0 Å². The van der Waals surface area contributed by atoms with E-state index in [1.165, 1.54) is 18.2 Å². The van der Waals surface area contributed by atoms with Crippen molar-refractivity contribution in [3.63, 3.8) is 0 Å². The zero-order valence-corrected chi connectivity index (χ0v) is 11.6. The predicted octanol–water partition coefficient (Wildman–Crippen LogP) is 2.76. The molecule has 0 bridgehead atoms. The van der Waals surface area contributed by atoms with Crippen molar-refractivity contribution in [2.75, 3.05) is 0 Å². The summed E-state index contributed by atoms with van der Waals surface area (Å²) in [5.41, 5.74) is -2.18. The molecule has 0 spiro atoms. The molecule has 0 aliphatic carbocycles. The summed E-state index contributed by atoms with van der Waals surface area (Å²) in [4.78, 5) is 12.0. The van der Waals surface area contributed by atoms with Crippen molar-refractivity contribution in [1.29, 1.82) is 0 Å². The number of hydrogen-bond acceptors (Lipinski definition) is 2. The van der Waals surface area contributed by atoms with E-state index < -0.39 is 22.9 Å². The van der Waals surface area contributed by atoms with Gasteiger partial charge in [0.15, 0.2) is 5.82 Å². The van der Waals surface area contributed by atoms with Crippen LogP contribution in [0.1, 0.15) is 38.1 Å². The Kier molecular flexibility index (Phi) is 4.03. The van der Waals surface area contributed by atoms with Crippen molar-refractivity contribution in [1.82, 2.24) is 5.32 Å². The largest absolute Gasteiger partial charge is 0.388 e. The van der Waals surface area contributed by atoms with Crippen LogP contribution in [0, 0.1) is 5.82 Å². The summed E-state index contributed by atoms with van der Waals surface area (Å²) in [6.45, 7) is 6.46. The molecule has 0 aliphatic rings. The Bertz CT molecular complexity index is 467. The second kappa shape index (κ2) is 4.86. The Balaban J connectivity index is 3.00. The van der Waals surface area contributed by atoms with Crippen LogP contribution < -0.4 is 5.32 Å². The van der Waals surface area contributed by atoms with Gasteiger partial charge in [-0.15, -0.1) is 0 Å². The Labute approximate surface area is 111 Å². The summed E-state index contributed by atoms with van der Waals surface area (Å²) in [5, 5.41) is 12.4. The fourth-order valence-corrected chi connectivity index (χ4v) is 1.36. The van der Waals surface area contributed by atoms with E-state index in [0.29, 0.717) is 0 Å². The van der Waals surface area contributed by atoms with Crippen LogP contribution in [0.4, 0.5) is 4.39 Å². The molecule has 0 radical (unpaired) electrons. The number of carbonyl (C=O) groups is 1. The van der Waals surface area contributed by atoms with E-state index in [-0.39, 0.29) is 10.6 Å². The van der Waals surface area contributed by atoms with Crippen LogP contribution in [0.25, 0.3) is 0 Å². The monoisotopic (exact) mass is 273 g/mol. The number of halogens is 2. The Morgan fingerprint density at radius 1 is 1.33 bits per heavy atom. The van der Waals surface area contributed by atoms with Gasteiger partial charge in [0.05, 0.1) is 21.7 Å². The van der Waals surface area contributed by atoms with E-state index in [2.05, 4.69) is 5.32 Å². The third kappa shape index (κ3) is 3.00. The maximum Gasteiger partial charge on any atom is 0.254 e. The zero-order chi connectivity index (χ0) is 14.1. The highest BCUT2D eigenvalue weighted by Crippen LogP contribution is 2.23. The van der Waals surface area contributed by atoms with Gasteiger partial charge in [-0.05, 0) is 39.8 Å². The van der Waals surface area contributed by atoms with Gasteiger partial charge in [-0.1, -0.05) is 17.7 Å². The molecule has 0 fully saturated rings. The second-order valence-electron chi connectivity index (χ2n) is 5.24. The zero-order valence-electron chi connectivity index (χ0n) is 10.8. The van der Waals surface area contributed by atoms with Gasteiger partial charge in [-0.2, -0.15) is 0 Å². The lowest BCUT2D eigenvalue weighted by Gasteiger charge is -2.38. The van der Waals surface area contributed by atoms with Crippen LogP contribution in [-0.4, -0.2) is 22.2 Å². The van der Waals surface area contributed by atoms with Crippen LogP contribution in [0.2, 0.25) is 5.02 Å². The lowest BCUT2D eigenvalue weighted by atomic mass is 9.85. The average molecular weight is 274 g/mol. The standard InChI is InChI=1S/C13H17ClFNO2/c1-12(2,13(3,4)18)16-11(17)8-6-5-7-9(14)10(8)15/h5-7,18H,1-4H3,(H,16,17). The predicted molar refractivity (Wildman–Crippen MR) is 69.3 cm³/mol. The van der Waals surface area contributed by atoms with Crippen LogP contribution in [0.5, 0.6) is 0 Å². The summed E-state index contributed by atoms with van der Waals surface area (Å²) in [5.74, 6) is -1.37. The summed E-state index contributed by atoms with van der Waals surface area (Å²) >= 11 is 5.61. The lowest BCUT2D eigenvalue weighted by molar-refractivity contribution is -0.00300. The summed E-state index contributed by atoms with van der Waals surface area (Å²) in [6.07, 6.45) is 0. The molecular weight excluding hydrogens is 257 g/mol. The van der Waals surface area contributed by atoms with E-state index in [0.717, 1.165) is 0 Å². The van der Waals surface area contributed by atoms with Crippen molar-refractivity contribution in [3.05, 3.63) is 34.6 Å². The first-order chi connectivity index (χ1) is 8.06. The van der Waals surface area contributed by atoms with Gasteiger partial charge in [-0.25, -0.2) is 4.39 Å². The molecule has 0 saturated heterocycles. The number of rotatable bonds is 3. The Morgan fingerprint density at radius 2 is 1.89 bits per heavy atom. The smallest absolute Gasteiger partial charge is 0.254 e. The molecule has 1 aromatic rings. The molecule has 0 saturated carbocycles. The fraction of sp³-hybridized carbons (Fsp3) is 0.462. The van der Waals surface area contributed by atoms with Crippen LogP contribution >= 0.6 is 11.6 Å². The Morgan fingerprint density at radius 3 is 2.39 bits per heavy atom. The molecule has 0 atom stereocenters. The van der Waals surface area contributed by atoms with Gasteiger partial charge in [0.2, 0.25) is 0 Å². The maximum atomic E-state index is 13.7. The normalized spacial score (nSPS) is 12.4. The van der Waals surface area contributed by atoms with E-state index in [4.69, 9.17) is 11.6 Å². The molecule has 0 heterocycles. The number of amides is 1. The minimum atomic E-state index is -1.14. The SMILES string of the molecule is CC(C)(O)C(C)(C)NC(=O)c1cccc(Cl)c1F. The van der Waals surface area contributed by atoms with Crippen molar-refractivity contribution < 1.29 is 14.3 Å². The third-order valence-electron chi connectivity index (χ3n) is 3.15. The number of carbonyl (C=O) groups excluding carboxylic acids is 1. The molecule has 1 aromatic carbocycles. The molecule has 0 aliphatic heterocycles. The van der Waals surface area contributed by atoms with Gasteiger partial charge < -0.3 is 10.4 Å². The molecule has 5 heteroatoms. The van der Waals surface area contributed by atoms with E-state index >= 15 is 0 Å². The van der Waals surface area contributed by atoms with Crippen molar-refractivity contribution in [3.8, 4) is 0 Å². The van der Waals surface area contributed by atoms with Crippen molar-refractivity contribution >= 4 is 17.5 Å². The molecule has 2 N–H and O–H groups in total. The Hall–Kier alpha value is -1.13. The number of hydrogen-bond donors (Lipinski definition) is 2. The molecule has 100 valence electrons. The van der Waals surface area contributed by atoms with E-state index in [9.17, 15) is 14.3 Å². The van der Waals surface area contributed by atoms with E-state index in [1.54, 1.807) is 27.7 Å². The quantitative estimate of drug-likeness (QED) is 0.890. The van der Waals surface area contributed by atoms with Gasteiger partial charge in [0.25, 0.3) is 5.91 Å². The van der Waals surface area contributed by atoms with Gasteiger partial charge in [-0.3, -0.25) is 4.79 Å². The first kappa shape index (κ1) is 14.9. The van der Waals surface area contributed by atoms with Crippen molar-refractivity contribution in [2.45, 2.75) is 38.8 Å². The number of benzene rings is 1. The van der Waals surface area contributed by atoms with Gasteiger partial charge in [0, 0.05) is 0 Å². The maximum absolute atomic E-state index is 13.7. The fourth-order valence-electron chi connectivity index (χ4n) is 1.18. The molecule has 0 unspecified atom stereocenters. The minimum Gasteiger partial charge on any atom is -0.388 e. The molecular formula is C13H17ClFNO2. The number of aliphatic hydroxyl groups is 1.